The number of amides is 2. The van der Waals surface area contributed by atoms with Gasteiger partial charge in [0.05, 0.1) is 14.4 Å². The highest BCUT2D eigenvalue weighted by Gasteiger charge is 2.33. The quantitative estimate of drug-likeness (QED) is 0.413. The fourth-order valence-electron chi connectivity index (χ4n) is 2.46. The van der Waals surface area contributed by atoms with Crippen molar-refractivity contribution in [1.82, 2.24) is 4.90 Å². The zero-order valence-electron chi connectivity index (χ0n) is 14.2. The number of imide groups is 1. The third-order valence-electron chi connectivity index (χ3n) is 3.80. The fraction of sp³-hybridized carbons (Fsp3) is 0.158. The lowest BCUT2D eigenvalue weighted by molar-refractivity contribution is -0.122. The van der Waals surface area contributed by atoms with Gasteiger partial charge in [0.15, 0.2) is 5.75 Å². The minimum Gasteiger partial charge on any atom is -0.486 e. The molecule has 1 saturated heterocycles. The van der Waals surface area contributed by atoms with Crippen LogP contribution in [0.25, 0.3) is 6.08 Å². The second-order valence-corrected chi connectivity index (χ2v) is 8.83. The Morgan fingerprint density at radius 2 is 1.89 bits per heavy atom. The molecule has 8 heteroatoms. The van der Waals surface area contributed by atoms with Gasteiger partial charge in [0.1, 0.15) is 6.61 Å². The van der Waals surface area contributed by atoms with Gasteiger partial charge >= 0.3 is 0 Å². The highest BCUT2D eigenvalue weighted by molar-refractivity contribution is 9.10. The molecule has 0 saturated carbocycles. The van der Waals surface area contributed by atoms with Crippen LogP contribution >= 0.6 is 55.2 Å². The van der Waals surface area contributed by atoms with Crippen LogP contribution < -0.4 is 4.74 Å². The van der Waals surface area contributed by atoms with Gasteiger partial charge in [0.2, 0.25) is 0 Å². The van der Waals surface area contributed by atoms with Gasteiger partial charge in [0.25, 0.3) is 11.1 Å². The Balaban J connectivity index is 1.79. The van der Waals surface area contributed by atoms with E-state index in [0.29, 0.717) is 38.9 Å². The van der Waals surface area contributed by atoms with Gasteiger partial charge in [0, 0.05) is 11.0 Å². The fourth-order valence-corrected chi connectivity index (χ4v) is 4.62. The van der Waals surface area contributed by atoms with E-state index >= 15 is 0 Å². The van der Waals surface area contributed by atoms with Crippen molar-refractivity contribution in [2.45, 2.75) is 13.5 Å². The molecule has 1 fully saturated rings. The van der Waals surface area contributed by atoms with Crippen molar-refractivity contribution in [3.05, 3.63) is 66.4 Å². The molecule has 0 aromatic heterocycles. The molecule has 0 bridgehead atoms. The Bertz CT molecular complexity index is 908. The molecule has 0 unspecified atom stereocenters. The Hall–Kier alpha value is -1.28. The number of thioether (sulfide) groups is 1. The minimum atomic E-state index is -0.282. The summed E-state index contributed by atoms with van der Waals surface area (Å²) < 4.78 is 7.52. The molecule has 0 aliphatic carbocycles. The zero-order chi connectivity index (χ0) is 19.6. The van der Waals surface area contributed by atoms with E-state index in [1.54, 1.807) is 19.1 Å². The van der Waals surface area contributed by atoms with Gasteiger partial charge in [-0.1, -0.05) is 39.7 Å². The number of hydrogen-bond donors (Lipinski definition) is 0. The van der Waals surface area contributed by atoms with Crippen LogP contribution in [0.2, 0.25) is 5.02 Å². The average molecular weight is 532 g/mol. The number of nitrogens with zero attached hydrogens (tertiary/aromatic N) is 1. The number of rotatable bonds is 5. The van der Waals surface area contributed by atoms with Crippen molar-refractivity contribution in [1.29, 1.82) is 0 Å². The number of likely N-dealkylation sites (N-methyl/N-ethyl adjacent to an activating group) is 1. The molecule has 27 heavy (non-hydrogen) atoms. The standard InChI is InChI=1S/C19H14Br2ClNO3S/c1-2-23-18(24)16(27-19(23)25)9-12-7-14(21)17(15(22)8-12)26-10-11-3-5-13(20)6-4-11/h3-9H,2,10H2,1H3/b16-9+. The third kappa shape index (κ3) is 4.77. The maximum absolute atomic E-state index is 12.2. The van der Waals surface area contributed by atoms with E-state index in [-0.39, 0.29) is 11.1 Å². The average Bonchev–Trinajstić information content (AvgIpc) is 2.88. The molecular formula is C19H14Br2ClNO3S. The van der Waals surface area contributed by atoms with Crippen molar-refractivity contribution in [2.24, 2.45) is 0 Å². The van der Waals surface area contributed by atoms with Crippen LogP contribution in [0, 0.1) is 0 Å². The van der Waals surface area contributed by atoms with Crippen LogP contribution in [-0.2, 0) is 11.4 Å². The molecule has 2 aromatic carbocycles. The molecule has 3 rings (SSSR count). The van der Waals surface area contributed by atoms with Gasteiger partial charge in [-0.15, -0.1) is 0 Å². The predicted molar refractivity (Wildman–Crippen MR) is 116 cm³/mol. The van der Waals surface area contributed by atoms with Crippen LogP contribution in [0.15, 0.2) is 50.2 Å². The molecule has 1 aliphatic heterocycles. The van der Waals surface area contributed by atoms with E-state index in [1.165, 1.54) is 4.90 Å². The second kappa shape index (κ2) is 8.82. The summed E-state index contributed by atoms with van der Waals surface area (Å²) in [6, 6.07) is 11.3. The molecule has 0 radical (unpaired) electrons. The number of benzene rings is 2. The molecule has 0 N–H and O–H groups in total. The second-order valence-electron chi connectivity index (χ2n) is 5.65. The molecule has 2 aromatic rings. The molecule has 4 nitrogen and oxygen atoms in total. The Morgan fingerprint density at radius 1 is 1.19 bits per heavy atom. The first-order valence-electron chi connectivity index (χ1n) is 8.00. The minimum absolute atomic E-state index is 0.256. The summed E-state index contributed by atoms with van der Waals surface area (Å²) in [7, 11) is 0. The van der Waals surface area contributed by atoms with E-state index in [9.17, 15) is 9.59 Å². The van der Waals surface area contributed by atoms with Crippen LogP contribution in [0.4, 0.5) is 4.79 Å². The Labute approximate surface area is 183 Å². The number of ether oxygens (including phenoxy) is 1. The highest BCUT2D eigenvalue weighted by Crippen LogP contribution is 2.37. The van der Waals surface area contributed by atoms with Gasteiger partial charge in [-0.05, 0) is 76.1 Å². The van der Waals surface area contributed by atoms with Crippen LogP contribution in [0.5, 0.6) is 5.75 Å². The summed E-state index contributed by atoms with van der Waals surface area (Å²) in [5, 5.41) is 0.163. The van der Waals surface area contributed by atoms with Crippen molar-refractivity contribution >= 4 is 72.4 Å². The van der Waals surface area contributed by atoms with E-state index in [1.807, 2.05) is 30.3 Å². The van der Waals surface area contributed by atoms with Gasteiger partial charge in [-0.3, -0.25) is 14.5 Å². The SMILES string of the molecule is CCN1C(=O)S/C(=C/c2cc(Cl)c(OCc3ccc(Br)cc3)c(Br)c2)C1=O. The largest absolute Gasteiger partial charge is 0.486 e. The maximum Gasteiger partial charge on any atom is 0.293 e. The smallest absolute Gasteiger partial charge is 0.293 e. The number of carbonyl (C=O) groups excluding carboxylic acids is 2. The van der Waals surface area contributed by atoms with Crippen molar-refractivity contribution in [2.75, 3.05) is 6.54 Å². The monoisotopic (exact) mass is 529 g/mol. The predicted octanol–water partition coefficient (Wildman–Crippen LogP) is 6.50. The van der Waals surface area contributed by atoms with Gasteiger partial charge in [-0.2, -0.15) is 0 Å². The summed E-state index contributed by atoms with van der Waals surface area (Å²) in [4.78, 5) is 25.6. The summed E-state index contributed by atoms with van der Waals surface area (Å²) in [5.74, 6) is 0.244. The van der Waals surface area contributed by atoms with Crippen LogP contribution in [0.1, 0.15) is 18.1 Å². The van der Waals surface area contributed by atoms with E-state index < -0.39 is 0 Å². The summed E-state index contributed by atoms with van der Waals surface area (Å²) in [6.45, 7) is 2.50. The van der Waals surface area contributed by atoms with Crippen molar-refractivity contribution in [3.63, 3.8) is 0 Å². The van der Waals surface area contributed by atoms with Crippen molar-refractivity contribution in [3.8, 4) is 5.75 Å². The van der Waals surface area contributed by atoms with Gasteiger partial charge in [-0.25, -0.2) is 0 Å². The molecule has 0 atom stereocenters. The molecule has 0 spiro atoms. The van der Waals surface area contributed by atoms with E-state index in [2.05, 4.69) is 31.9 Å². The maximum atomic E-state index is 12.2. The lowest BCUT2D eigenvalue weighted by atomic mass is 10.2. The topological polar surface area (TPSA) is 46.6 Å². The first-order valence-corrected chi connectivity index (χ1v) is 10.8. The van der Waals surface area contributed by atoms with Gasteiger partial charge < -0.3 is 4.74 Å². The first-order chi connectivity index (χ1) is 12.9. The lowest BCUT2D eigenvalue weighted by Crippen LogP contribution is -2.27. The Morgan fingerprint density at radius 3 is 2.48 bits per heavy atom. The first kappa shape index (κ1) is 20.5. The molecule has 1 aliphatic rings. The summed E-state index contributed by atoms with van der Waals surface area (Å²) >= 11 is 14.2. The lowest BCUT2D eigenvalue weighted by Gasteiger charge is -2.11. The van der Waals surface area contributed by atoms with Crippen molar-refractivity contribution < 1.29 is 14.3 Å². The zero-order valence-corrected chi connectivity index (χ0v) is 18.9. The number of carbonyl (C=O) groups is 2. The summed E-state index contributed by atoms with van der Waals surface area (Å²) in [6.07, 6.45) is 1.66. The normalized spacial score (nSPS) is 15.7. The van der Waals surface area contributed by atoms with E-state index in [4.69, 9.17) is 16.3 Å². The molecular weight excluding hydrogens is 518 g/mol. The molecule has 1 heterocycles. The van der Waals surface area contributed by atoms with E-state index in [0.717, 1.165) is 21.8 Å². The molecule has 140 valence electrons. The van der Waals surface area contributed by atoms with Crippen LogP contribution in [-0.4, -0.2) is 22.6 Å². The highest BCUT2D eigenvalue weighted by atomic mass is 79.9. The number of hydrogen-bond acceptors (Lipinski definition) is 4. The number of halogens is 3. The summed E-state index contributed by atoms with van der Waals surface area (Å²) in [5.41, 5.74) is 1.72. The Kier molecular flexibility index (Phi) is 6.68. The third-order valence-corrected chi connectivity index (χ3v) is 6.11. The molecule has 2 amide bonds. The van der Waals surface area contributed by atoms with Crippen LogP contribution in [0.3, 0.4) is 0 Å².